The average molecular weight is 310 g/mol. The number of halogens is 1. The number of hydrogen-bond donors (Lipinski definition) is 1. The van der Waals surface area contributed by atoms with Gasteiger partial charge in [-0.15, -0.1) is 0 Å². The van der Waals surface area contributed by atoms with Gasteiger partial charge in [-0.1, -0.05) is 22.4 Å². The molecule has 1 N–H and O–H groups in total. The number of aryl methyl sites for hydroxylation is 1. The predicted octanol–water partition coefficient (Wildman–Crippen LogP) is 1.26. The first-order valence-electron chi connectivity index (χ1n) is 5.10. The molecule has 1 rings (SSSR count). The first kappa shape index (κ1) is 13.7. The van der Waals surface area contributed by atoms with Crippen molar-refractivity contribution in [3.8, 4) is 0 Å². The first-order valence-corrected chi connectivity index (χ1v) is 7.70. The van der Waals surface area contributed by atoms with Crippen molar-refractivity contribution in [2.75, 3.05) is 11.9 Å². The topological polar surface area (TPSA) is 64.0 Å². The van der Waals surface area contributed by atoms with Gasteiger partial charge in [0.1, 0.15) is 0 Å². The second kappa shape index (κ2) is 6.36. The third kappa shape index (κ3) is 4.23. The molecule has 0 aliphatic rings. The molecule has 0 atom stereocenters. The van der Waals surface area contributed by atoms with Crippen LogP contribution in [0.25, 0.3) is 0 Å². The summed E-state index contributed by atoms with van der Waals surface area (Å²) in [5, 5.41) is 1.04. The molecule has 7 heteroatoms. The molecule has 16 heavy (non-hydrogen) atoms. The van der Waals surface area contributed by atoms with Gasteiger partial charge < -0.3 is 4.57 Å². The third-order valence-electron chi connectivity index (χ3n) is 2.06. The second-order valence-corrected chi connectivity index (χ2v) is 6.03. The fraction of sp³-hybridized carbons (Fsp3) is 0.667. The Morgan fingerprint density at radius 1 is 1.44 bits per heavy atom. The lowest BCUT2D eigenvalue weighted by Gasteiger charge is -2.03. The average Bonchev–Trinajstić information content (AvgIpc) is 2.65. The minimum Gasteiger partial charge on any atom is -0.339 e. The molecule has 0 aliphatic heterocycles. The van der Waals surface area contributed by atoms with Crippen LogP contribution in [0.5, 0.6) is 0 Å². The maximum atomic E-state index is 11.7. The molecule has 0 saturated heterocycles. The first-order chi connectivity index (χ1) is 7.56. The molecule has 0 aliphatic carbocycles. The number of hydrogen-bond acceptors (Lipinski definition) is 3. The van der Waals surface area contributed by atoms with Crippen molar-refractivity contribution in [1.82, 2.24) is 14.3 Å². The highest BCUT2D eigenvalue weighted by molar-refractivity contribution is 9.09. The summed E-state index contributed by atoms with van der Waals surface area (Å²) < 4.78 is 27.5. The van der Waals surface area contributed by atoms with Gasteiger partial charge in [-0.05, 0) is 12.8 Å². The van der Waals surface area contributed by atoms with Gasteiger partial charge in [-0.2, -0.15) is 0 Å². The van der Waals surface area contributed by atoms with Gasteiger partial charge >= 0.3 is 0 Å². The van der Waals surface area contributed by atoms with Gasteiger partial charge in [0.25, 0.3) is 10.0 Å². The van der Waals surface area contributed by atoms with Crippen molar-refractivity contribution in [3.05, 3.63) is 12.5 Å². The van der Waals surface area contributed by atoms with Gasteiger partial charge in [0, 0.05) is 25.1 Å². The molecule has 1 heterocycles. The van der Waals surface area contributed by atoms with Crippen LogP contribution < -0.4 is 4.72 Å². The molecule has 0 spiro atoms. The van der Waals surface area contributed by atoms with Crippen molar-refractivity contribution in [2.24, 2.45) is 7.05 Å². The monoisotopic (exact) mass is 309 g/mol. The van der Waals surface area contributed by atoms with E-state index in [1.165, 1.54) is 12.5 Å². The molecular weight excluding hydrogens is 294 g/mol. The van der Waals surface area contributed by atoms with Crippen molar-refractivity contribution in [3.63, 3.8) is 0 Å². The van der Waals surface area contributed by atoms with Crippen LogP contribution in [0.2, 0.25) is 0 Å². The lowest BCUT2D eigenvalue weighted by Crippen LogP contribution is -2.25. The van der Waals surface area contributed by atoms with Gasteiger partial charge in [0.15, 0.2) is 5.03 Å². The molecule has 92 valence electrons. The van der Waals surface area contributed by atoms with E-state index >= 15 is 0 Å². The lowest BCUT2D eigenvalue weighted by atomic mass is 10.3. The summed E-state index contributed by atoms with van der Waals surface area (Å²) in [5.74, 6) is 0. The lowest BCUT2D eigenvalue weighted by molar-refractivity contribution is 0.573. The summed E-state index contributed by atoms with van der Waals surface area (Å²) in [7, 11) is -1.68. The summed E-state index contributed by atoms with van der Waals surface area (Å²) in [6, 6.07) is 0. The molecule has 1 aromatic heterocycles. The molecule has 0 saturated carbocycles. The zero-order chi connectivity index (χ0) is 12.0. The Kier molecular flexibility index (Phi) is 5.43. The summed E-state index contributed by atoms with van der Waals surface area (Å²) in [5.41, 5.74) is 0. The van der Waals surface area contributed by atoms with Crippen LogP contribution >= 0.6 is 15.9 Å². The number of aromatic nitrogens is 2. The Labute approximate surface area is 104 Å². The van der Waals surface area contributed by atoms with Gasteiger partial charge in [0.2, 0.25) is 0 Å². The Morgan fingerprint density at radius 2 is 2.19 bits per heavy atom. The van der Waals surface area contributed by atoms with Gasteiger partial charge in [-0.3, -0.25) is 0 Å². The van der Waals surface area contributed by atoms with Gasteiger partial charge in [0.05, 0.1) is 6.33 Å². The van der Waals surface area contributed by atoms with Gasteiger partial charge in [-0.25, -0.2) is 18.1 Å². The number of nitrogens with zero attached hydrogens (tertiary/aromatic N) is 2. The van der Waals surface area contributed by atoms with Crippen molar-refractivity contribution in [2.45, 2.75) is 24.3 Å². The maximum absolute atomic E-state index is 11.7. The standard InChI is InChI=1S/C9H16BrN3O2S/c1-13-7-9(11-8-13)16(14,15)12-6-4-2-3-5-10/h7-8,12H,2-6H2,1H3. The van der Waals surface area contributed by atoms with Crippen LogP contribution in [0.3, 0.4) is 0 Å². The molecule has 0 unspecified atom stereocenters. The van der Waals surface area contributed by atoms with Crippen LogP contribution in [-0.2, 0) is 17.1 Å². The molecule has 0 bridgehead atoms. The molecule has 0 radical (unpaired) electrons. The predicted molar refractivity (Wildman–Crippen MR) is 66.0 cm³/mol. The van der Waals surface area contributed by atoms with E-state index in [0.717, 1.165) is 24.6 Å². The zero-order valence-corrected chi connectivity index (χ0v) is 11.6. The van der Waals surface area contributed by atoms with Crippen molar-refractivity contribution in [1.29, 1.82) is 0 Å². The number of unbranched alkanes of at least 4 members (excludes halogenated alkanes) is 2. The number of nitrogens with one attached hydrogen (secondary N) is 1. The SMILES string of the molecule is Cn1cnc(S(=O)(=O)NCCCCCBr)c1. The van der Waals surface area contributed by atoms with Crippen molar-refractivity contribution < 1.29 is 8.42 Å². The van der Waals surface area contributed by atoms with E-state index in [4.69, 9.17) is 0 Å². The van der Waals surface area contributed by atoms with E-state index in [9.17, 15) is 8.42 Å². The second-order valence-electron chi connectivity index (χ2n) is 3.52. The highest BCUT2D eigenvalue weighted by Gasteiger charge is 2.15. The summed E-state index contributed by atoms with van der Waals surface area (Å²) in [6.45, 7) is 0.464. The Morgan fingerprint density at radius 3 is 2.75 bits per heavy atom. The summed E-state index contributed by atoms with van der Waals surface area (Å²) >= 11 is 3.33. The number of imidazole rings is 1. The Bertz CT molecular complexity index is 416. The van der Waals surface area contributed by atoms with E-state index < -0.39 is 10.0 Å². The Hall–Kier alpha value is -0.400. The molecule has 0 fully saturated rings. The largest absolute Gasteiger partial charge is 0.339 e. The van der Waals surface area contributed by atoms with Crippen molar-refractivity contribution >= 4 is 26.0 Å². The highest BCUT2D eigenvalue weighted by atomic mass is 79.9. The van der Waals surface area contributed by atoms with Crippen LogP contribution in [0, 0.1) is 0 Å². The number of sulfonamides is 1. The van der Waals surface area contributed by atoms with Crippen LogP contribution in [-0.4, -0.2) is 29.8 Å². The molecule has 1 aromatic rings. The number of alkyl halides is 1. The fourth-order valence-electron chi connectivity index (χ4n) is 1.20. The third-order valence-corrected chi connectivity index (χ3v) is 3.97. The normalized spacial score (nSPS) is 11.9. The zero-order valence-electron chi connectivity index (χ0n) is 9.19. The molecule has 0 amide bonds. The van der Waals surface area contributed by atoms with E-state index in [1.54, 1.807) is 11.6 Å². The molecular formula is C9H16BrN3O2S. The number of rotatable bonds is 7. The summed E-state index contributed by atoms with van der Waals surface area (Å²) in [4.78, 5) is 3.81. The van der Waals surface area contributed by atoms with Crippen LogP contribution in [0.1, 0.15) is 19.3 Å². The minimum atomic E-state index is -3.42. The highest BCUT2D eigenvalue weighted by Crippen LogP contribution is 2.04. The molecule has 5 nitrogen and oxygen atoms in total. The van der Waals surface area contributed by atoms with E-state index in [0.29, 0.717) is 6.54 Å². The van der Waals surface area contributed by atoms with Crippen LogP contribution in [0.15, 0.2) is 17.6 Å². The molecule has 0 aromatic carbocycles. The minimum absolute atomic E-state index is 0.0792. The fourth-order valence-corrected chi connectivity index (χ4v) is 2.65. The smallest absolute Gasteiger partial charge is 0.259 e. The van der Waals surface area contributed by atoms with E-state index in [2.05, 4.69) is 25.6 Å². The Balaban J connectivity index is 2.41. The van der Waals surface area contributed by atoms with Crippen LogP contribution in [0.4, 0.5) is 0 Å². The maximum Gasteiger partial charge on any atom is 0.259 e. The summed E-state index contributed by atoms with van der Waals surface area (Å²) in [6.07, 6.45) is 5.87. The van der Waals surface area contributed by atoms with E-state index in [-0.39, 0.29) is 5.03 Å². The quantitative estimate of drug-likeness (QED) is 0.609. The van der Waals surface area contributed by atoms with E-state index in [1.807, 2.05) is 0 Å².